The van der Waals surface area contributed by atoms with Crippen LogP contribution in [-0.4, -0.2) is 48.7 Å². The summed E-state index contributed by atoms with van der Waals surface area (Å²) in [4.78, 5) is 12.4. The third-order valence-corrected chi connectivity index (χ3v) is 2.73. The van der Waals surface area contributed by atoms with E-state index in [4.69, 9.17) is 5.73 Å². The predicted octanol–water partition coefficient (Wildman–Crippen LogP) is 0.722. The minimum absolute atomic E-state index is 0.0873. The van der Waals surface area contributed by atoms with E-state index in [-0.39, 0.29) is 12.6 Å². The molecule has 0 saturated heterocycles. The maximum Gasteiger partial charge on any atom is 0.401 e. The second-order valence-electron chi connectivity index (χ2n) is 4.56. The van der Waals surface area contributed by atoms with E-state index >= 15 is 0 Å². The summed E-state index contributed by atoms with van der Waals surface area (Å²) in [5.74, 6) is -0.673. The SMILES string of the molecule is CNC(C)(CN(CC(F)(F)F)C(C)C)C(N)=O. The highest BCUT2D eigenvalue weighted by atomic mass is 19.4. The average Bonchev–Trinajstić information content (AvgIpc) is 2.13. The zero-order valence-corrected chi connectivity index (χ0v) is 10.6. The van der Waals surface area contributed by atoms with Crippen LogP contribution in [0.15, 0.2) is 0 Å². The molecule has 0 spiro atoms. The molecule has 1 unspecified atom stereocenters. The molecular weight excluding hydrogens is 235 g/mol. The van der Waals surface area contributed by atoms with E-state index in [9.17, 15) is 18.0 Å². The lowest BCUT2D eigenvalue weighted by Crippen LogP contribution is -2.60. The number of nitrogens with one attached hydrogen (secondary N) is 1. The van der Waals surface area contributed by atoms with Gasteiger partial charge in [0, 0.05) is 12.6 Å². The number of alkyl halides is 3. The van der Waals surface area contributed by atoms with Crippen LogP contribution < -0.4 is 11.1 Å². The van der Waals surface area contributed by atoms with Gasteiger partial charge < -0.3 is 11.1 Å². The molecule has 0 aromatic rings. The minimum atomic E-state index is -4.30. The van der Waals surface area contributed by atoms with Crippen LogP contribution in [-0.2, 0) is 4.79 Å². The first kappa shape index (κ1) is 16.2. The van der Waals surface area contributed by atoms with E-state index in [1.807, 2.05) is 0 Å². The summed E-state index contributed by atoms with van der Waals surface area (Å²) in [5, 5.41) is 2.67. The topological polar surface area (TPSA) is 58.4 Å². The Labute approximate surface area is 99.3 Å². The van der Waals surface area contributed by atoms with Crippen LogP contribution in [0.25, 0.3) is 0 Å². The van der Waals surface area contributed by atoms with Gasteiger partial charge in [0.25, 0.3) is 0 Å². The smallest absolute Gasteiger partial charge is 0.368 e. The molecule has 0 bridgehead atoms. The molecular formula is C10H20F3N3O. The van der Waals surface area contributed by atoms with Gasteiger partial charge in [-0.25, -0.2) is 0 Å². The van der Waals surface area contributed by atoms with Gasteiger partial charge in [0.05, 0.1) is 6.54 Å². The Morgan fingerprint density at radius 1 is 1.35 bits per heavy atom. The minimum Gasteiger partial charge on any atom is -0.368 e. The lowest BCUT2D eigenvalue weighted by Gasteiger charge is -2.35. The fraction of sp³-hybridized carbons (Fsp3) is 0.900. The quantitative estimate of drug-likeness (QED) is 0.735. The van der Waals surface area contributed by atoms with E-state index in [2.05, 4.69) is 5.32 Å². The van der Waals surface area contributed by atoms with Crippen LogP contribution in [0.3, 0.4) is 0 Å². The summed E-state index contributed by atoms with van der Waals surface area (Å²) >= 11 is 0. The van der Waals surface area contributed by atoms with Crippen molar-refractivity contribution in [2.24, 2.45) is 5.73 Å². The van der Waals surface area contributed by atoms with Crippen molar-refractivity contribution in [1.29, 1.82) is 0 Å². The number of carbonyl (C=O) groups excluding carboxylic acids is 1. The number of hydrogen-bond donors (Lipinski definition) is 2. The van der Waals surface area contributed by atoms with Gasteiger partial charge in [-0.1, -0.05) is 0 Å². The van der Waals surface area contributed by atoms with Gasteiger partial charge in [0.1, 0.15) is 5.54 Å². The van der Waals surface area contributed by atoms with Crippen LogP contribution in [0.1, 0.15) is 20.8 Å². The third-order valence-electron chi connectivity index (χ3n) is 2.73. The fourth-order valence-corrected chi connectivity index (χ4v) is 1.34. The molecule has 1 amide bonds. The van der Waals surface area contributed by atoms with Crippen molar-refractivity contribution in [2.75, 3.05) is 20.1 Å². The zero-order valence-electron chi connectivity index (χ0n) is 10.6. The molecule has 1 atom stereocenters. The van der Waals surface area contributed by atoms with E-state index in [1.165, 1.54) is 18.9 Å². The number of rotatable bonds is 6. The monoisotopic (exact) mass is 255 g/mol. The second kappa shape index (κ2) is 5.68. The molecule has 7 heteroatoms. The van der Waals surface area contributed by atoms with Gasteiger partial charge in [0.15, 0.2) is 0 Å². The van der Waals surface area contributed by atoms with Gasteiger partial charge in [-0.05, 0) is 27.8 Å². The largest absolute Gasteiger partial charge is 0.401 e. The molecule has 0 fully saturated rings. The number of hydrogen-bond acceptors (Lipinski definition) is 3. The van der Waals surface area contributed by atoms with Gasteiger partial charge in [-0.3, -0.25) is 9.69 Å². The van der Waals surface area contributed by atoms with Crippen molar-refractivity contribution in [1.82, 2.24) is 10.2 Å². The van der Waals surface area contributed by atoms with Crippen LogP contribution in [0.5, 0.6) is 0 Å². The molecule has 3 N–H and O–H groups in total. The van der Waals surface area contributed by atoms with E-state index in [0.29, 0.717) is 0 Å². The van der Waals surface area contributed by atoms with Crippen LogP contribution >= 0.6 is 0 Å². The highest BCUT2D eigenvalue weighted by Crippen LogP contribution is 2.19. The van der Waals surface area contributed by atoms with E-state index in [0.717, 1.165) is 0 Å². The summed E-state index contributed by atoms with van der Waals surface area (Å²) in [6.45, 7) is 3.62. The van der Waals surface area contributed by atoms with E-state index in [1.54, 1.807) is 13.8 Å². The Morgan fingerprint density at radius 2 is 1.82 bits per heavy atom. The van der Waals surface area contributed by atoms with Crippen molar-refractivity contribution < 1.29 is 18.0 Å². The van der Waals surface area contributed by atoms with Crippen LogP contribution in [0, 0.1) is 0 Å². The van der Waals surface area contributed by atoms with Gasteiger partial charge >= 0.3 is 6.18 Å². The molecule has 17 heavy (non-hydrogen) atoms. The van der Waals surface area contributed by atoms with Gasteiger partial charge in [-0.2, -0.15) is 13.2 Å². The summed E-state index contributed by atoms with van der Waals surface area (Å²) in [6, 6.07) is -0.330. The van der Waals surface area contributed by atoms with Crippen LogP contribution in [0.4, 0.5) is 13.2 Å². The molecule has 0 aromatic heterocycles. The van der Waals surface area contributed by atoms with Crippen molar-refractivity contribution in [3.63, 3.8) is 0 Å². The summed E-state index contributed by atoms with van der Waals surface area (Å²) in [5.41, 5.74) is 4.01. The maximum absolute atomic E-state index is 12.4. The molecule has 4 nitrogen and oxygen atoms in total. The number of primary amides is 1. The fourth-order valence-electron chi connectivity index (χ4n) is 1.34. The number of nitrogens with zero attached hydrogens (tertiary/aromatic N) is 1. The number of carbonyl (C=O) groups is 1. The zero-order chi connectivity index (χ0) is 13.9. The molecule has 0 heterocycles. The molecule has 0 aromatic carbocycles. The Kier molecular flexibility index (Phi) is 5.41. The lowest BCUT2D eigenvalue weighted by atomic mass is 10.0. The molecule has 0 aliphatic heterocycles. The summed E-state index contributed by atoms with van der Waals surface area (Å²) in [7, 11) is 1.50. The Balaban J connectivity index is 4.81. The van der Waals surface area contributed by atoms with Crippen molar-refractivity contribution in [3.8, 4) is 0 Å². The van der Waals surface area contributed by atoms with Crippen molar-refractivity contribution in [3.05, 3.63) is 0 Å². The summed E-state index contributed by atoms with van der Waals surface area (Å²) in [6.07, 6.45) is -4.30. The van der Waals surface area contributed by atoms with Crippen molar-refractivity contribution >= 4 is 5.91 Å². The highest BCUT2D eigenvalue weighted by molar-refractivity contribution is 5.84. The van der Waals surface area contributed by atoms with Crippen molar-refractivity contribution in [2.45, 2.75) is 38.5 Å². The van der Waals surface area contributed by atoms with Gasteiger partial charge in [0.2, 0.25) is 5.91 Å². The standard InChI is InChI=1S/C10H20F3N3O/c1-7(2)16(6-10(11,12)13)5-9(3,15-4)8(14)17/h7,15H,5-6H2,1-4H3,(H2,14,17). The maximum atomic E-state index is 12.4. The molecule has 0 radical (unpaired) electrons. The van der Waals surface area contributed by atoms with Gasteiger partial charge in [-0.15, -0.1) is 0 Å². The first-order valence-corrected chi connectivity index (χ1v) is 5.31. The Bertz CT molecular complexity index is 268. The number of amides is 1. The predicted molar refractivity (Wildman–Crippen MR) is 59.4 cm³/mol. The first-order valence-electron chi connectivity index (χ1n) is 5.31. The molecule has 0 saturated carbocycles. The molecule has 0 aliphatic carbocycles. The highest BCUT2D eigenvalue weighted by Gasteiger charge is 2.37. The molecule has 0 aliphatic rings. The Morgan fingerprint density at radius 3 is 2.06 bits per heavy atom. The lowest BCUT2D eigenvalue weighted by molar-refractivity contribution is -0.153. The number of likely N-dealkylation sites (N-methyl/N-ethyl adjacent to an activating group) is 1. The number of halogens is 3. The molecule has 102 valence electrons. The Hall–Kier alpha value is -0.820. The normalized spacial score (nSPS) is 16.3. The third kappa shape index (κ3) is 5.36. The molecule has 0 rings (SSSR count). The second-order valence-corrected chi connectivity index (χ2v) is 4.56. The first-order chi connectivity index (χ1) is 7.52. The average molecular weight is 255 g/mol. The van der Waals surface area contributed by atoms with Crippen LogP contribution in [0.2, 0.25) is 0 Å². The number of nitrogens with two attached hydrogens (primary N) is 1. The summed E-state index contributed by atoms with van der Waals surface area (Å²) < 4.78 is 37.1. The van der Waals surface area contributed by atoms with E-state index < -0.39 is 24.2 Å².